The number of rotatable bonds is 7. The van der Waals surface area contributed by atoms with E-state index in [9.17, 15) is 31.1 Å². The standard InChI is InChI=1S/C26H24F7N3O3/c1-13-19(16-9-10-17(27)20(28)21(16)38-12-15-7-5-4-6-8-15)22(39-25(13,3)26(31,32)33)23(37)34-18-11-36(24(29)30)35-14(18)2/h4-11,13,19,22,24H,12H2,1-3H3,(H,34,37)/t13-,19-,22+,25+/m0/s1. The first-order valence-electron chi connectivity index (χ1n) is 11.8. The monoisotopic (exact) mass is 559 g/mol. The van der Waals surface area contributed by atoms with Gasteiger partial charge in [-0.05, 0) is 25.5 Å². The third kappa shape index (κ3) is 5.32. The minimum atomic E-state index is -4.96. The third-order valence-corrected chi connectivity index (χ3v) is 6.97. The lowest BCUT2D eigenvalue weighted by Crippen LogP contribution is -2.47. The Morgan fingerprint density at radius 2 is 1.85 bits per heavy atom. The minimum absolute atomic E-state index is 0.0236. The van der Waals surface area contributed by atoms with Crippen LogP contribution in [0, 0.1) is 24.5 Å². The highest BCUT2D eigenvalue weighted by Gasteiger charge is 2.66. The van der Waals surface area contributed by atoms with Gasteiger partial charge in [0.15, 0.2) is 17.2 Å². The number of aromatic nitrogens is 2. The lowest BCUT2D eigenvalue weighted by atomic mass is 9.77. The van der Waals surface area contributed by atoms with Crippen molar-refractivity contribution in [3.05, 3.63) is 77.1 Å². The van der Waals surface area contributed by atoms with Crippen LogP contribution in [0.3, 0.4) is 0 Å². The Morgan fingerprint density at radius 1 is 1.18 bits per heavy atom. The molecular weight excluding hydrogens is 535 g/mol. The van der Waals surface area contributed by atoms with E-state index in [1.807, 2.05) is 0 Å². The van der Waals surface area contributed by atoms with Crippen LogP contribution in [-0.2, 0) is 16.1 Å². The molecule has 0 radical (unpaired) electrons. The Kier molecular flexibility index (Phi) is 7.66. The second kappa shape index (κ2) is 10.5. The predicted octanol–water partition coefficient (Wildman–Crippen LogP) is 6.52. The maximum Gasteiger partial charge on any atom is 0.417 e. The summed E-state index contributed by atoms with van der Waals surface area (Å²) in [4.78, 5) is 13.3. The van der Waals surface area contributed by atoms with Gasteiger partial charge in [0.05, 0.1) is 17.6 Å². The van der Waals surface area contributed by atoms with Crippen molar-refractivity contribution in [2.75, 3.05) is 5.32 Å². The Bertz CT molecular complexity index is 1350. The van der Waals surface area contributed by atoms with Gasteiger partial charge in [-0.2, -0.15) is 31.4 Å². The zero-order valence-corrected chi connectivity index (χ0v) is 20.9. The number of nitrogens with one attached hydrogen (secondary N) is 1. The molecule has 0 saturated carbocycles. The first-order chi connectivity index (χ1) is 18.2. The zero-order chi connectivity index (χ0) is 28.7. The van der Waals surface area contributed by atoms with Crippen molar-refractivity contribution < 1.29 is 45.0 Å². The van der Waals surface area contributed by atoms with Crippen molar-refractivity contribution in [1.29, 1.82) is 0 Å². The molecule has 4 rings (SSSR count). The Labute approximate surface area is 218 Å². The number of carbonyl (C=O) groups is 1. The van der Waals surface area contributed by atoms with Crippen molar-refractivity contribution in [2.24, 2.45) is 5.92 Å². The minimum Gasteiger partial charge on any atom is -0.485 e. The van der Waals surface area contributed by atoms with E-state index >= 15 is 4.39 Å². The highest BCUT2D eigenvalue weighted by molar-refractivity contribution is 5.95. The van der Waals surface area contributed by atoms with Gasteiger partial charge >= 0.3 is 12.7 Å². The molecule has 39 heavy (non-hydrogen) atoms. The first-order valence-corrected chi connectivity index (χ1v) is 11.8. The second-order valence-electron chi connectivity index (χ2n) is 9.39. The molecule has 13 heteroatoms. The smallest absolute Gasteiger partial charge is 0.417 e. The quantitative estimate of drug-likeness (QED) is 0.335. The van der Waals surface area contributed by atoms with Crippen LogP contribution in [0.4, 0.5) is 36.4 Å². The molecule has 2 aromatic carbocycles. The van der Waals surface area contributed by atoms with Crippen LogP contribution in [0.2, 0.25) is 0 Å². The fourth-order valence-electron chi connectivity index (χ4n) is 4.62. The number of benzene rings is 2. The summed E-state index contributed by atoms with van der Waals surface area (Å²) < 4.78 is 109. The number of anilines is 1. The molecule has 1 saturated heterocycles. The molecule has 2 heterocycles. The summed E-state index contributed by atoms with van der Waals surface area (Å²) in [6.45, 7) is -0.0227. The molecule has 3 aromatic rings. The zero-order valence-electron chi connectivity index (χ0n) is 20.9. The van der Waals surface area contributed by atoms with E-state index in [1.165, 1.54) is 13.8 Å². The highest BCUT2D eigenvalue weighted by Crippen LogP contribution is 2.55. The molecule has 1 amide bonds. The number of aryl methyl sites for hydroxylation is 1. The highest BCUT2D eigenvalue weighted by atomic mass is 19.4. The summed E-state index contributed by atoms with van der Waals surface area (Å²) >= 11 is 0. The molecule has 1 fully saturated rings. The maximum absolute atomic E-state index is 15.0. The van der Waals surface area contributed by atoms with Crippen LogP contribution in [-0.4, -0.2) is 33.6 Å². The fraction of sp³-hybridized carbons (Fsp3) is 0.385. The van der Waals surface area contributed by atoms with E-state index in [0.29, 0.717) is 5.56 Å². The lowest BCUT2D eigenvalue weighted by molar-refractivity contribution is -0.272. The van der Waals surface area contributed by atoms with Gasteiger partial charge in [0.2, 0.25) is 5.82 Å². The molecular formula is C26H24F7N3O3. The molecule has 6 nitrogen and oxygen atoms in total. The lowest BCUT2D eigenvalue weighted by Gasteiger charge is -2.32. The number of hydrogen-bond donors (Lipinski definition) is 1. The van der Waals surface area contributed by atoms with Crippen LogP contribution in [0.5, 0.6) is 5.75 Å². The number of nitrogens with zero attached hydrogens (tertiary/aromatic N) is 2. The molecule has 1 aliphatic rings. The van der Waals surface area contributed by atoms with Gasteiger partial charge in [-0.15, -0.1) is 0 Å². The summed E-state index contributed by atoms with van der Waals surface area (Å²) in [5.74, 6) is -7.47. The van der Waals surface area contributed by atoms with E-state index in [1.54, 1.807) is 30.3 Å². The van der Waals surface area contributed by atoms with Crippen LogP contribution < -0.4 is 10.1 Å². The number of halogens is 7. The Balaban J connectivity index is 1.76. The summed E-state index contributed by atoms with van der Waals surface area (Å²) in [5.41, 5.74) is -2.72. The fourth-order valence-corrected chi connectivity index (χ4v) is 4.62. The van der Waals surface area contributed by atoms with Crippen LogP contribution in [0.25, 0.3) is 0 Å². The number of hydrogen-bond acceptors (Lipinski definition) is 4. The van der Waals surface area contributed by atoms with Gasteiger partial charge in [0, 0.05) is 17.4 Å². The summed E-state index contributed by atoms with van der Waals surface area (Å²) in [6, 6.07) is 10.2. The van der Waals surface area contributed by atoms with E-state index in [-0.39, 0.29) is 28.2 Å². The van der Waals surface area contributed by atoms with Crippen molar-refractivity contribution in [3.63, 3.8) is 0 Å². The van der Waals surface area contributed by atoms with Crippen molar-refractivity contribution in [3.8, 4) is 5.75 Å². The summed E-state index contributed by atoms with van der Waals surface area (Å²) in [6.07, 6.45) is -6.02. The number of amides is 1. The van der Waals surface area contributed by atoms with Crippen molar-refractivity contribution in [2.45, 2.75) is 57.7 Å². The van der Waals surface area contributed by atoms with E-state index in [0.717, 1.165) is 25.3 Å². The summed E-state index contributed by atoms with van der Waals surface area (Å²) in [7, 11) is 0. The first kappa shape index (κ1) is 28.4. The number of carbonyl (C=O) groups excluding carboxylic acids is 1. The molecule has 0 aliphatic carbocycles. The molecule has 0 bridgehead atoms. The maximum atomic E-state index is 15.0. The van der Waals surface area contributed by atoms with E-state index < -0.39 is 59.6 Å². The van der Waals surface area contributed by atoms with Crippen LogP contribution >= 0.6 is 0 Å². The van der Waals surface area contributed by atoms with Crippen LogP contribution in [0.15, 0.2) is 48.7 Å². The molecule has 0 spiro atoms. The molecule has 4 atom stereocenters. The molecule has 210 valence electrons. The average Bonchev–Trinajstić information content (AvgIpc) is 3.38. The van der Waals surface area contributed by atoms with Crippen molar-refractivity contribution >= 4 is 11.6 Å². The summed E-state index contributed by atoms with van der Waals surface area (Å²) in [5, 5.41) is 5.84. The Hall–Kier alpha value is -3.61. The van der Waals surface area contributed by atoms with Gasteiger partial charge in [-0.25, -0.2) is 9.07 Å². The topological polar surface area (TPSA) is 65.4 Å². The van der Waals surface area contributed by atoms with Crippen LogP contribution in [0.1, 0.15) is 43.1 Å². The molecule has 1 aliphatic heterocycles. The molecule has 1 aromatic heterocycles. The SMILES string of the molecule is Cc1nn(C(F)F)cc1NC(=O)[C@@H]1O[C@@](C)(C(F)(F)F)[C@@H](C)[C@H]1c1ccc(F)c(F)c1OCc1ccccc1. The largest absolute Gasteiger partial charge is 0.485 e. The van der Waals surface area contributed by atoms with E-state index in [2.05, 4.69) is 10.4 Å². The van der Waals surface area contributed by atoms with Gasteiger partial charge < -0.3 is 14.8 Å². The third-order valence-electron chi connectivity index (χ3n) is 6.97. The van der Waals surface area contributed by atoms with Gasteiger partial charge in [0.25, 0.3) is 5.91 Å². The predicted molar refractivity (Wildman–Crippen MR) is 125 cm³/mol. The Morgan fingerprint density at radius 3 is 2.44 bits per heavy atom. The van der Waals surface area contributed by atoms with Gasteiger partial charge in [-0.1, -0.05) is 43.3 Å². The van der Waals surface area contributed by atoms with Gasteiger partial charge in [0.1, 0.15) is 12.7 Å². The second-order valence-corrected chi connectivity index (χ2v) is 9.39. The molecule has 0 unspecified atom stereocenters. The normalized spacial score (nSPS) is 23.3. The van der Waals surface area contributed by atoms with Crippen molar-refractivity contribution in [1.82, 2.24) is 9.78 Å². The number of alkyl halides is 5. The average molecular weight is 559 g/mol. The number of ether oxygens (including phenoxy) is 2. The van der Waals surface area contributed by atoms with E-state index in [4.69, 9.17) is 9.47 Å². The van der Waals surface area contributed by atoms with Gasteiger partial charge in [-0.3, -0.25) is 4.79 Å². The molecule has 1 N–H and O–H groups in total.